The molecule has 1 N–H and O–H groups in total. The van der Waals surface area contributed by atoms with Gasteiger partial charge in [-0.15, -0.1) is 10.2 Å². The number of nitrogens with one attached hydrogen (secondary N) is 1. The predicted molar refractivity (Wildman–Crippen MR) is 128 cm³/mol. The van der Waals surface area contributed by atoms with E-state index in [-0.39, 0.29) is 12.5 Å². The van der Waals surface area contributed by atoms with E-state index in [1.807, 2.05) is 68.4 Å². The van der Waals surface area contributed by atoms with Crippen LogP contribution in [0.4, 0.5) is 11.5 Å². The third-order valence-electron chi connectivity index (χ3n) is 6.05. The lowest BCUT2D eigenvalue weighted by Gasteiger charge is -2.30. The van der Waals surface area contributed by atoms with E-state index in [4.69, 9.17) is 4.74 Å². The minimum Gasteiger partial charge on any atom is -0.484 e. The highest BCUT2D eigenvalue weighted by molar-refractivity contribution is 5.92. The number of rotatable bonds is 6. The number of piperidine rings is 1. The zero-order valence-corrected chi connectivity index (χ0v) is 19.0. The molecule has 1 aromatic heterocycles. The van der Waals surface area contributed by atoms with Crippen LogP contribution in [0.1, 0.15) is 30.9 Å². The van der Waals surface area contributed by atoms with Crippen molar-refractivity contribution < 1.29 is 9.53 Å². The number of anilines is 2. The summed E-state index contributed by atoms with van der Waals surface area (Å²) >= 11 is 0. The van der Waals surface area contributed by atoms with Crippen molar-refractivity contribution in [2.75, 3.05) is 29.9 Å². The maximum Gasteiger partial charge on any atom is 0.262 e. The first-order valence-corrected chi connectivity index (χ1v) is 11.2. The maximum absolute atomic E-state index is 12.4. The highest BCUT2D eigenvalue weighted by Crippen LogP contribution is 2.24. The van der Waals surface area contributed by atoms with Crippen LogP contribution in [0.3, 0.4) is 0 Å². The van der Waals surface area contributed by atoms with Gasteiger partial charge in [0.1, 0.15) is 5.75 Å². The Labute approximate surface area is 189 Å². The molecule has 1 aliphatic heterocycles. The first-order chi connectivity index (χ1) is 15.5. The molecule has 166 valence electrons. The molecule has 6 nitrogen and oxygen atoms in total. The molecule has 1 saturated heterocycles. The van der Waals surface area contributed by atoms with Gasteiger partial charge < -0.3 is 15.0 Å². The fourth-order valence-electron chi connectivity index (χ4n) is 3.79. The van der Waals surface area contributed by atoms with Crippen molar-refractivity contribution in [2.24, 2.45) is 5.92 Å². The first kappa shape index (κ1) is 21.8. The van der Waals surface area contributed by atoms with Crippen LogP contribution in [0.2, 0.25) is 0 Å². The Morgan fingerprint density at radius 2 is 1.84 bits per heavy atom. The second kappa shape index (κ2) is 9.81. The Balaban J connectivity index is 1.36. The minimum atomic E-state index is -0.207. The van der Waals surface area contributed by atoms with Gasteiger partial charge in [-0.3, -0.25) is 4.79 Å². The predicted octanol–water partition coefficient (Wildman–Crippen LogP) is 5.01. The molecule has 1 aliphatic rings. The standard InChI is InChI=1S/C26H30N4O2/c1-18-11-13-30(14-12-18)25-10-9-24(28-29-25)21-5-4-6-22(16-21)27-26(31)17-32-23-8-7-19(2)20(3)15-23/h4-10,15-16,18H,11-14,17H2,1-3H3,(H,27,31). The van der Waals surface area contributed by atoms with E-state index in [0.29, 0.717) is 11.4 Å². The number of hydrogen-bond donors (Lipinski definition) is 1. The lowest BCUT2D eigenvalue weighted by molar-refractivity contribution is -0.118. The number of ether oxygens (including phenoxy) is 1. The zero-order valence-electron chi connectivity index (χ0n) is 19.0. The second-order valence-corrected chi connectivity index (χ2v) is 8.61. The molecule has 0 atom stereocenters. The zero-order chi connectivity index (χ0) is 22.5. The van der Waals surface area contributed by atoms with Crippen molar-refractivity contribution in [3.63, 3.8) is 0 Å². The SMILES string of the molecule is Cc1ccc(OCC(=O)Nc2cccc(-c3ccc(N4CCC(C)CC4)nn3)c2)cc1C. The van der Waals surface area contributed by atoms with Crippen molar-refractivity contribution in [3.8, 4) is 17.0 Å². The van der Waals surface area contributed by atoms with Crippen LogP contribution >= 0.6 is 0 Å². The normalized spacial score (nSPS) is 14.3. The fourth-order valence-corrected chi connectivity index (χ4v) is 3.79. The number of carbonyl (C=O) groups is 1. The third kappa shape index (κ3) is 5.44. The van der Waals surface area contributed by atoms with Gasteiger partial charge in [-0.2, -0.15) is 0 Å². The Kier molecular flexibility index (Phi) is 6.69. The maximum atomic E-state index is 12.4. The second-order valence-electron chi connectivity index (χ2n) is 8.61. The van der Waals surface area contributed by atoms with Gasteiger partial charge in [0.05, 0.1) is 5.69 Å². The number of benzene rings is 2. The van der Waals surface area contributed by atoms with E-state index in [9.17, 15) is 4.79 Å². The summed E-state index contributed by atoms with van der Waals surface area (Å²) in [5.74, 6) is 2.19. The third-order valence-corrected chi connectivity index (χ3v) is 6.05. The summed E-state index contributed by atoms with van der Waals surface area (Å²) in [5, 5.41) is 11.8. The Morgan fingerprint density at radius 1 is 1.03 bits per heavy atom. The molecule has 0 unspecified atom stereocenters. The van der Waals surface area contributed by atoms with Crippen LogP contribution < -0.4 is 15.0 Å². The van der Waals surface area contributed by atoms with E-state index in [2.05, 4.69) is 27.3 Å². The van der Waals surface area contributed by atoms with Gasteiger partial charge in [0, 0.05) is 24.3 Å². The van der Waals surface area contributed by atoms with E-state index in [0.717, 1.165) is 41.6 Å². The van der Waals surface area contributed by atoms with Gasteiger partial charge in [-0.1, -0.05) is 25.1 Å². The fraction of sp³-hybridized carbons (Fsp3) is 0.346. The van der Waals surface area contributed by atoms with Gasteiger partial charge in [-0.25, -0.2) is 0 Å². The molecule has 0 bridgehead atoms. The highest BCUT2D eigenvalue weighted by atomic mass is 16.5. The topological polar surface area (TPSA) is 67.3 Å². The van der Waals surface area contributed by atoms with Crippen LogP contribution in [0.15, 0.2) is 54.6 Å². The van der Waals surface area contributed by atoms with Crippen molar-refractivity contribution >= 4 is 17.4 Å². The number of carbonyl (C=O) groups excluding carboxylic acids is 1. The lowest BCUT2D eigenvalue weighted by Crippen LogP contribution is -2.33. The highest BCUT2D eigenvalue weighted by Gasteiger charge is 2.17. The molecule has 6 heteroatoms. The summed E-state index contributed by atoms with van der Waals surface area (Å²) in [7, 11) is 0. The molecule has 0 saturated carbocycles. The summed E-state index contributed by atoms with van der Waals surface area (Å²) in [6, 6.07) is 17.5. The van der Waals surface area contributed by atoms with Crippen LogP contribution in [0.5, 0.6) is 5.75 Å². The van der Waals surface area contributed by atoms with Gasteiger partial charge in [-0.05, 0) is 80.1 Å². The average molecular weight is 431 g/mol. The Hall–Kier alpha value is -3.41. The van der Waals surface area contributed by atoms with Gasteiger partial charge in [0.2, 0.25) is 0 Å². The number of nitrogens with zero attached hydrogens (tertiary/aromatic N) is 3. The summed E-state index contributed by atoms with van der Waals surface area (Å²) in [5.41, 5.74) is 4.72. The largest absolute Gasteiger partial charge is 0.484 e. The van der Waals surface area contributed by atoms with Gasteiger partial charge in [0.25, 0.3) is 5.91 Å². The van der Waals surface area contributed by atoms with Crippen LogP contribution in [-0.4, -0.2) is 35.8 Å². The van der Waals surface area contributed by atoms with E-state index in [1.165, 1.54) is 18.4 Å². The smallest absolute Gasteiger partial charge is 0.262 e. The van der Waals surface area contributed by atoms with Crippen molar-refractivity contribution in [2.45, 2.75) is 33.6 Å². The number of aryl methyl sites for hydroxylation is 2. The molecule has 0 radical (unpaired) electrons. The first-order valence-electron chi connectivity index (χ1n) is 11.2. The summed E-state index contributed by atoms with van der Waals surface area (Å²) in [6.07, 6.45) is 2.39. The molecular formula is C26H30N4O2. The molecule has 1 fully saturated rings. The van der Waals surface area contributed by atoms with Crippen molar-refractivity contribution in [3.05, 3.63) is 65.7 Å². The van der Waals surface area contributed by atoms with Crippen molar-refractivity contribution in [1.29, 1.82) is 0 Å². The monoisotopic (exact) mass is 430 g/mol. The summed E-state index contributed by atoms with van der Waals surface area (Å²) in [4.78, 5) is 14.7. The molecular weight excluding hydrogens is 400 g/mol. The molecule has 2 heterocycles. The van der Waals surface area contributed by atoms with Crippen molar-refractivity contribution in [1.82, 2.24) is 10.2 Å². The Morgan fingerprint density at radius 3 is 2.56 bits per heavy atom. The van der Waals surface area contributed by atoms with Gasteiger partial charge >= 0.3 is 0 Å². The molecule has 0 aliphatic carbocycles. The number of aromatic nitrogens is 2. The lowest BCUT2D eigenvalue weighted by atomic mass is 9.99. The van der Waals surface area contributed by atoms with Crippen LogP contribution in [-0.2, 0) is 4.79 Å². The molecule has 2 aromatic carbocycles. The van der Waals surface area contributed by atoms with E-state index < -0.39 is 0 Å². The molecule has 1 amide bonds. The molecule has 32 heavy (non-hydrogen) atoms. The van der Waals surface area contributed by atoms with Crippen LogP contribution in [0.25, 0.3) is 11.3 Å². The average Bonchev–Trinajstić information content (AvgIpc) is 2.81. The summed E-state index contributed by atoms with van der Waals surface area (Å²) < 4.78 is 5.63. The summed E-state index contributed by atoms with van der Waals surface area (Å²) in [6.45, 7) is 8.38. The molecule has 3 aromatic rings. The van der Waals surface area contributed by atoms with E-state index >= 15 is 0 Å². The minimum absolute atomic E-state index is 0.0459. The Bertz CT molecular complexity index is 1070. The molecule has 4 rings (SSSR count). The van der Waals surface area contributed by atoms with E-state index in [1.54, 1.807) is 0 Å². The van der Waals surface area contributed by atoms with Crippen LogP contribution in [0, 0.1) is 19.8 Å². The molecule has 0 spiro atoms. The van der Waals surface area contributed by atoms with Gasteiger partial charge in [0.15, 0.2) is 12.4 Å². The number of amides is 1. The quantitative estimate of drug-likeness (QED) is 0.595. The number of hydrogen-bond acceptors (Lipinski definition) is 5.